The number of carbonyl (C=O) groups is 1. The zero-order valence-corrected chi connectivity index (χ0v) is 17.9. The second kappa shape index (κ2) is 9.41. The normalized spacial score (nSPS) is 15.3. The van der Waals surface area contributed by atoms with Crippen molar-refractivity contribution in [2.24, 2.45) is 0 Å². The van der Waals surface area contributed by atoms with E-state index in [2.05, 4.69) is 18.7 Å². The molecule has 0 bridgehead atoms. The Bertz CT molecular complexity index is 906. The minimum Gasteiger partial charge on any atom is -0.372 e. The summed E-state index contributed by atoms with van der Waals surface area (Å²) in [4.78, 5) is 17.2. The zero-order valence-electron chi connectivity index (χ0n) is 17.1. The number of amides is 1. The van der Waals surface area contributed by atoms with E-state index >= 15 is 0 Å². The molecule has 0 atom stereocenters. The molecule has 0 radical (unpaired) electrons. The van der Waals surface area contributed by atoms with E-state index in [1.54, 1.807) is 35.2 Å². The van der Waals surface area contributed by atoms with Crippen LogP contribution in [0.25, 0.3) is 0 Å². The van der Waals surface area contributed by atoms with Crippen molar-refractivity contribution in [2.75, 3.05) is 44.2 Å². The Labute approximate surface area is 173 Å². The molecule has 0 spiro atoms. The molecule has 7 heteroatoms. The predicted octanol–water partition coefficient (Wildman–Crippen LogP) is 3.07. The van der Waals surface area contributed by atoms with Gasteiger partial charge in [0.2, 0.25) is 10.0 Å². The molecule has 156 valence electrons. The summed E-state index contributed by atoms with van der Waals surface area (Å²) >= 11 is 0. The van der Waals surface area contributed by atoms with Crippen molar-refractivity contribution in [1.82, 2.24) is 9.21 Å². The Balaban J connectivity index is 1.63. The van der Waals surface area contributed by atoms with Gasteiger partial charge < -0.3 is 9.80 Å². The summed E-state index contributed by atoms with van der Waals surface area (Å²) in [5, 5.41) is 0. The van der Waals surface area contributed by atoms with Crippen molar-refractivity contribution in [1.29, 1.82) is 0 Å². The molecule has 29 heavy (non-hydrogen) atoms. The molecule has 3 rings (SSSR count). The Morgan fingerprint density at radius 1 is 0.931 bits per heavy atom. The first-order valence-electron chi connectivity index (χ1n) is 10.2. The van der Waals surface area contributed by atoms with E-state index in [9.17, 15) is 13.2 Å². The molecule has 0 unspecified atom stereocenters. The van der Waals surface area contributed by atoms with Crippen LogP contribution in [-0.2, 0) is 10.0 Å². The molecule has 1 aliphatic heterocycles. The van der Waals surface area contributed by atoms with Gasteiger partial charge in [-0.05, 0) is 49.7 Å². The van der Waals surface area contributed by atoms with Gasteiger partial charge in [0.1, 0.15) is 0 Å². The Morgan fingerprint density at radius 2 is 1.55 bits per heavy atom. The topological polar surface area (TPSA) is 60.9 Å². The van der Waals surface area contributed by atoms with Crippen LogP contribution in [0, 0.1) is 0 Å². The number of hydrogen-bond donors (Lipinski definition) is 0. The molecule has 2 aromatic rings. The standard InChI is InChI=1S/C22H29N3O3S/c1-3-14-23(4-2)20-12-10-19(11-13-20)22(26)24-15-17-25(18-16-24)29(27,28)21-8-6-5-7-9-21/h5-13H,3-4,14-18H2,1-2H3. The molecule has 1 saturated heterocycles. The summed E-state index contributed by atoms with van der Waals surface area (Å²) in [7, 11) is -3.51. The summed E-state index contributed by atoms with van der Waals surface area (Å²) in [6.45, 7) is 7.59. The first-order valence-corrected chi connectivity index (χ1v) is 11.6. The molecule has 1 heterocycles. The molecule has 0 N–H and O–H groups in total. The zero-order chi connectivity index (χ0) is 20.9. The van der Waals surface area contributed by atoms with Gasteiger partial charge in [0, 0.05) is 50.5 Å². The fraction of sp³-hybridized carbons (Fsp3) is 0.409. The highest BCUT2D eigenvalue weighted by atomic mass is 32.2. The molecule has 2 aromatic carbocycles. The number of anilines is 1. The molecule has 0 aromatic heterocycles. The summed E-state index contributed by atoms with van der Waals surface area (Å²) < 4.78 is 26.9. The summed E-state index contributed by atoms with van der Waals surface area (Å²) in [5.41, 5.74) is 1.75. The van der Waals surface area contributed by atoms with Crippen LogP contribution in [0.1, 0.15) is 30.6 Å². The smallest absolute Gasteiger partial charge is 0.253 e. The van der Waals surface area contributed by atoms with E-state index in [4.69, 9.17) is 0 Å². The molecule has 1 amide bonds. The third-order valence-electron chi connectivity index (χ3n) is 5.26. The Kier molecular flexibility index (Phi) is 6.92. The van der Waals surface area contributed by atoms with Crippen molar-refractivity contribution >= 4 is 21.6 Å². The maximum atomic E-state index is 12.8. The summed E-state index contributed by atoms with van der Waals surface area (Å²) in [6.07, 6.45) is 1.07. The van der Waals surface area contributed by atoms with Gasteiger partial charge in [-0.15, -0.1) is 0 Å². The van der Waals surface area contributed by atoms with Gasteiger partial charge in [-0.25, -0.2) is 8.42 Å². The molecule has 0 aliphatic carbocycles. The van der Waals surface area contributed by atoms with E-state index in [1.165, 1.54) is 4.31 Å². The van der Waals surface area contributed by atoms with Crippen LogP contribution in [-0.4, -0.2) is 62.8 Å². The third-order valence-corrected chi connectivity index (χ3v) is 7.17. The van der Waals surface area contributed by atoms with Crippen LogP contribution in [0.4, 0.5) is 5.69 Å². The second-order valence-corrected chi connectivity index (χ2v) is 9.07. The number of hydrogen-bond acceptors (Lipinski definition) is 4. The summed E-state index contributed by atoms with van der Waals surface area (Å²) in [6, 6.07) is 16.1. The number of benzene rings is 2. The highest BCUT2D eigenvalue weighted by Crippen LogP contribution is 2.20. The average Bonchev–Trinajstić information content (AvgIpc) is 2.78. The quantitative estimate of drug-likeness (QED) is 0.697. The van der Waals surface area contributed by atoms with Gasteiger partial charge in [0.25, 0.3) is 5.91 Å². The van der Waals surface area contributed by atoms with E-state index in [0.29, 0.717) is 36.6 Å². The second-order valence-electron chi connectivity index (χ2n) is 7.14. The molecule has 1 fully saturated rings. The number of nitrogens with zero attached hydrogens (tertiary/aromatic N) is 3. The molecule has 0 saturated carbocycles. The van der Waals surface area contributed by atoms with Crippen LogP contribution in [0.2, 0.25) is 0 Å². The number of rotatable bonds is 7. The third kappa shape index (κ3) is 4.79. The Morgan fingerprint density at radius 3 is 2.10 bits per heavy atom. The van der Waals surface area contributed by atoms with Gasteiger partial charge >= 0.3 is 0 Å². The van der Waals surface area contributed by atoms with Crippen molar-refractivity contribution in [3.05, 3.63) is 60.2 Å². The molecule has 6 nitrogen and oxygen atoms in total. The maximum Gasteiger partial charge on any atom is 0.253 e. The predicted molar refractivity (Wildman–Crippen MR) is 116 cm³/mol. The molecular weight excluding hydrogens is 386 g/mol. The highest BCUT2D eigenvalue weighted by molar-refractivity contribution is 7.89. The van der Waals surface area contributed by atoms with Gasteiger partial charge in [-0.2, -0.15) is 4.31 Å². The van der Waals surface area contributed by atoms with Crippen molar-refractivity contribution in [3.8, 4) is 0 Å². The van der Waals surface area contributed by atoms with Crippen molar-refractivity contribution < 1.29 is 13.2 Å². The first-order chi connectivity index (χ1) is 14.0. The highest BCUT2D eigenvalue weighted by Gasteiger charge is 2.30. The van der Waals surface area contributed by atoms with Crippen LogP contribution in [0.3, 0.4) is 0 Å². The van der Waals surface area contributed by atoms with E-state index in [-0.39, 0.29) is 5.91 Å². The van der Waals surface area contributed by atoms with Crippen LogP contribution in [0.15, 0.2) is 59.5 Å². The SMILES string of the molecule is CCCN(CC)c1ccc(C(=O)N2CCN(S(=O)(=O)c3ccccc3)CC2)cc1. The fourth-order valence-corrected chi connectivity index (χ4v) is 5.05. The average molecular weight is 416 g/mol. The summed E-state index contributed by atoms with van der Waals surface area (Å²) in [5.74, 6) is -0.0492. The lowest BCUT2D eigenvalue weighted by atomic mass is 10.1. The number of sulfonamides is 1. The fourth-order valence-electron chi connectivity index (χ4n) is 3.61. The van der Waals surface area contributed by atoms with Crippen LogP contribution in [0.5, 0.6) is 0 Å². The van der Waals surface area contributed by atoms with Gasteiger partial charge in [-0.3, -0.25) is 4.79 Å². The number of piperazine rings is 1. The van der Waals surface area contributed by atoms with Crippen LogP contribution < -0.4 is 4.90 Å². The Hall–Kier alpha value is -2.38. The first kappa shape index (κ1) is 21.3. The van der Waals surface area contributed by atoms with Gasteiger partial charge in [-0.1, -0.05) is 25.1 Å². The molecular formula is C22H29N3O3S. The van der Waals surface area contributed by atoms with Crippen LogP contribution >= 0.6 is 0 Å². The monoisotopic (exact) mass is 415 g/mol. The van der Waals surface area contributed by atoms with E-state index < -0.39 is 10.0 Å². The minimum absolute atomic E-state index is 0.0492. The molecule has 1 aliphatic rings. The maximum absolute atomic E-state index is 12.8. The lowest BCUT2D eigenvalue weighted by Gasteiger charge is -2.34. The van der Waals surface area contributed by atoms with Gasteiger partial charge in [0.05, 0.1) is 4.90 Å². The lowest BCUT2D eigenvalue weighted by Crippen LogP contribution is -2.50. The van der Waals surface area contributed by atoms with E-state index in [0.717, 1.165) is 25.2 Å². The lowest BCUT2D eigenvalue weighted by molar-refractivity contribution is 0.0698. The van der Waals surface area contributed by atoms with E-state index in [1.807, 2.05) is 24.3 Å². The largest absolute Gasteiger partial charge is 0.372 e. The number of carbonyl (C=O) groups excluding carboxylic acids is 1. The van der Waals surface area contributed by atoms with Crippen molar-refractivity contribution in [3.63, 3.8) is 0 Å². The minimum atomic E-state index is -3.51. The van der Waals surface area contributed by atoms with Crippen molar-refractivity contribution in [2.45, 2.75) is 25.2 Å². The van der Waals surface area contributed by atoms with Gasteiger partial charge in [0.15, 0.2) is 0 Å².